The van der Waals surface area contributed by atoms with Crippen LogP contribution < -0.4 is 10.1 Å². The third kappa shape index (κ3) is 4.51. The molecule has 0 saturated heterocycles. The van der Waals surface area contributed by atoms with Gasteiger partial charge < -0.3 is 10.1 Å². The standard InChI is InChI=1S/C18H17NO4S3/c20-17(13-23-14-6-2-1-3-7-14)19-12-16(15-8-4-10-24-15)26(21,22)18-9-5-11-25-18/h1-11,16H,12-13H2,(H,19,20)/t16-/m0/s1. The van der Waals surface area contributed by atoms with Crippen LogP contribution in [0.25, 0.3) is 0 Å². The number of rotatable bonds is 8. The molecule has 1 aromatic carbocycles. The summed E-state index contributed by atoms with van der Waals surface area (Å²) < 4.78 is 31.5. The number of para-hydroxylation sites is 1. The van der Waals surface area contributed by atoms with Crippen molar-refractivity contribution in [3.8, 4) is 5.75 Å². The molecule has 0 spiro atoms. The number of nitrogens with one attached hydrogen (secondary N) is 1. The van der Waals surface area contributed by atoms with E-state index in [1.165, 1.54) is 22.7 Å². The van der Waals surface area contributed by atoms with Crippen LogP contribution in [0.2, 0.25) is 0 Å². The summed E-state index contributed by atoms with van der Waals surface area (Å²) in [4.78, 5) is 12.8. The second kappa shape index (κ2) is 8.48. The van der Waals surface area contributed by atoms with E-state index < -0.39 is 15.1 Å². The van der Waals surface area contributed by atoms with Crippen LogP contribution in [0.5, 0.6) is 5.75 Å². The number of carbonyl (C=O) groups excluding carboxylic acids is 1. The van der Waals surface area contributed by atoms with Gasteiger partial charge in [0.1, 0.15) is 15.2 Å². The van der Waals surface area contributed by atoms with Gasteiger partial charge in [-0.1, -0.05) is 30.3 Å². The highest BCUT2D eigenvalue weighted by Gasteiger charge is 2.31. The lowest BCUT2D eigenvalue weighted by atomic mass is 10.3. The Morgan fingerprint density at radius 1 is 1.00 bits per heavy atom. The Morgan fingerprint density at radius 2 is 1.73 bits per heavy atom. The van der Waals surface area contributed by atoms with Crippen molar-refractivity contribution in [2.24, 2.45) is 0 Å². The predicted octanol–water partition coefficient (Wildman–Crippen LogP) is 3.52. The molecule has 0 radical (unpaired) electrons. The summed E-state index contributed by atoms with van der Waals surface area (Å²) in [7, 11) is -3.57. The molecule has 0 fully saturated rings. The zero-order chi connectivity index (χ0) is 18.4. The molecule has 0 saturated carbocycles. The number of hydrogen-bond acceptors (Lipinski definition) is 6. The van der Waals surface area contributed by atoms with Crippen LogP contribution in [0.3, 0.4) is 0 Å². The zero-order valence-corrected chi connectivity index (χ0v) is 16.1. The maximum Gasteiger partial charge on any atom is 0.257 e. The van der Waals surface area contributed by atoms with Gasteiger partial charge in [-0.15, -0.1) is 22.7 Å². The van der Waals surface area contributed by atoms with Crippen molar-refractivity contribution in [1.29, 1.82) is 0 Å². The first-order valence-electron chi connectivity index (χ1n) is 7.83. The van der Waals surface area contributed by atoms with Gasteiger partial charge in [-0.2, -0.15) is 0 Å². The monoisotopic (exact) mass is 407 g/mol. The fraction of sp³-hybridized carbons (Fsp3) is 0.167. The van der Waals surface area contributed by atoms with E-state index in [-0.39, 0.29) is 19.1 Å². The van der Waals surface area contributed by atoms with Gasteiger partial charge in [-0.25, -0.2) is 8.42 Å². The summed E-state index contributed by atoms with van der Waals surface area (Å²) in [5.41, 5.74) is 0. The van der Waals surface area contributed by atoms with Crippen molar-refractivity contribution in [3.63, 3.8) is 0 Å². The molecular formula is C18H17NO4S3. The van der Waals surface area contributed by atoms with E-state index >= 15 is 0 Å². The number of benzene rings is 1. The highest BCUT2D eigenvalue weighted by atomic mass is 32.2. The summed E-state index contributed by atoms with van der Waals surface area (Å²) in [5, 5.41) is 5.41. The molecule has 0 bridgehead atoms. The lowest BCUT2D eigenvalue weighted by Gasteiger charge is -2.16. The number of sulfone groups is 1. The Kier molecular flexibility index (Phi) is 6.08. The minimum Gasteiger partial charge on any atom is -0.484 e. The maximum absolute atomic E-state index is 12.9. The minimum absolute atomic E-state index is 0.00225. The SMILES string of the molecule is O=C(COc1ccccc1)NC[C@@H](c1cccs1)S(=O)(=O)c1cccs1. The number of hydrogen-bond donors (Lipinski definition) is 1. The summed E-state index contributed by atoms with van der Waals surface area (Å²) in [6.45, 7) is -0.169. The largest absolute Gasteiger partial charge is 0.484 e. The third-order valence-electron chi connectivity index (χ3n) is 3.61. The molecule has 2 heterocycles. The molecule has 3 rings (SSSR count). The predicted molar refractivity (Wildman–Crippen MR) is 104 cm³/mol. The molecule has 5 nitrogen and oxygen atoms in total. The van der Waals surface area contributed by atoms with E-state index in [4.69, 9.17) is 4.74 Å². The van der Waals surface area contributed by atoms with Crippen LogP contribution >= 0.6 is 22.7 Å². The van der Waals surface area contributed by atoms with E-state index in [1.807, 2.05) is 23.6 Å². The van der Waals surface area contributed by atoms with E-state index in [1.54, 1.807) is 41.8 Å². The van der Waals surface area contributed by atoms with Crippen molar-refractivity contribution in [2.45, 2.75) is 9.46 Å². The molecule has 8 heteroatoms. The number of thiophene rings is 2. The van der Waals surface area contributed by atoms with Gasteiger partial charge in [0.25, 0.3) is 5.91 Å². The fourth-order valence-corrected chi connectivity index (χ4v) is 6.32. The lowest BCUT2D eigenvalue weighted by molar-refractivity contribution is -0.123. The smallest absolute Gasteiger partial charge is 0.257 e. The van der Waals surface area contributed by atoms with Crippen LogP contribution in [-0.2, 0) is 14.6 Å². The van der Waals surface area contributed by atoms with Gasteiger partial charge in [0.2, 0.25) is 0 Å². The molecule has 2 aromatic heterocycles. The van der Waals surface area contributed by atoms with Crippen molar-refractivity contribution in [2.75, 3.05) is 13.2 Å². The van der Waals surface area contributed by atoms with Gasteiger partial charge in [0, 0.05) is 11.4 Å². The highest BCUT2D eigenvalue weighted by Crippen LogP contribution is 2.33. The van der Waals surface area contributed by atoms with Crippen molar-refractivity contribution >= 4 is 38.4 Å². The van der Waals surface area contributed by atoms with Gasteiger partial charge in [-0.3, -0.25) is 4.79 Å². The van der Waals surface area contributed by atoms with Crippen LogP contribution in [-0.4, -0.2) is 27.5 Å². The highest BCUT2D eigenvalue weighted by molar-refractivity contribution is 7.93. The molecule has 0 unspecified atom stereocenters. The second-order valence-corrected chi connectivity index (χ2v) is 9.67. The second-order valence-electron chi connectivity index (χ2n) is 5.39. The van der Waals surface area contributed by atoms with Crippen LogP contribution in [0, 0.1) is 0 Å². The first-order chi connectivity index (χ1) is 12.6. The average Bonchev–Trinajstić information content (AvgIpc) is 3.35. The minimum atomic E-state index is -3.57. The first-order valence-corrected chi connectivity index (χ1v) is 11.1. The van der Waals surface area contributed by atoms with Crippen molar-refractivity contribution < 1.29 is 17.9 Å². The van der Waals surface area contributed by atoms with Crippen molar-refractivity contribution in [3.05, 3.63) is 70.2 Å². The normalized spacial score (nSPS) is 12.5. The summed E-state index contributed by atoms with van der Waals surface area (Å²) >= 11 is 2.54. The molecule has 3 aromatic rings. The Hall–Kier alpha value is -2.16. The average molecular weight is 408 g/mol. The van der Waals surface area contributed by atoms with Crippen molar-refractivity contribution in [1.82, 2.24) is 5.32 Å². The molecule has 0 aliphatic carbocycles. The van der Waals surface area contributed by atoms with Crippen LogP contribution in [0.1, 0.15) is 10.1 Å². The molecule has 1 N–H and O–H groups in total. The third-order valence-corrected chi connectivity index (χ3v) is 8.26. The molecular weight excluding hydrogens is 390 g/mol. The van der Waals surface area contributed by atoms with E-state index in [0.29, 0.717) is 14.8 Å². The Labute approximate surface area is 160 Å². The number of ether oxygens (including phenoxy) is 1. The van der Waals surface area contributed by atoms with Gasteiger partial charge >= 0.3 is 0 Å². The maximum atomic E-state index is 12.9. The lowest BCUT2D eigenvalue weighted by Crippen LogP contribution is -2.34. The molecule has 0 aliphatic rings. The van der Waals surface area contributed by atoms with Gasteiger partial charge in [0.15, 0.2) is 16.4 Å². The first kappa shape index (κ1) is 18.6. The molecule has 0 aliphatic heterocycles. The topological polar surface area (TPSA) is 72.5 Å². The van der Waals surface area contributed by atoms with E-state index in [2.05, 4.69) is 5.32 Å². The Morgan fingerprint density at radius 3 is 2.38 bits per heavy atom. The van der Waals surface area contributed by atoms with Crippen LogP contribution in [0.4, 0.5) is 0 Å². The van der Waals surface area contributed by atoms with Crippen LogP contribution in [0.15, 0.2) is 69.6 Å². The quantitative estimate of drug-likeness (QED) is 0.620. The van der Waals surface area contributed by atoms with Gasteiger partial charge in [-0.05, 0) is 35.0 Å². The summed E-state index contributed by atoms with van der Waals surface area (Å²) in [6, 6.07) is 15.8. The molecule has 1 atom stereocenters. The zero-order valence-electron chi connectivity index (χ0n) is 13.7. The van der Waals surface area contributed by atoms with E-state index in [0.717, 1.165) is 0 Å². The summed E-state index contributed by atoms with van der Waals surface area (Å²) in [6.07, 6.45) is 0. The van der Waals surface area contributed by atoms with E-state index in [9.17, 15) is 13.2 Å². The summed E-state index contributed by atoms with van der Waals surface area (Å²) in [5.74, 6) is 0.223. The molecule has 136 valence electrons. The Balaban J connectivity index is 1.66. The fourth-order valence-electron chi connectivity index (χ4n) is 2.33. The molecule has 26 heavy (non-hydrogen) atoms. The van der Waals surface area contributed by atoms with Gasteiger partial charge in [0.05, 0.1) is 0 Å². The number of carbonyl (C=O) groups is 1. The Bertz CT molecular complexity index is 920. The number of amides is 1. The molecule has 1 amide bonds.